The van der Waals surface area contributed by atoms with Gasteiger partial charge >= 0.3 is 0 Å². The molecule has 80 valence electrons. The van der Waals surface area contributed by atoms with Gasteiger partial charge in [-0.25, -0.2) is 0 Å². The Balaban J connectivity index is 2.10. The molecule has 0 radical (unpaired) electrons. The lowest BCUT2D eigenvalue weighted by molar-refractivity contribution is 0.0369. The van der Waals surface area contributed by atoms with Crippen molar-refractivity contribution in [2.75, 3.05) is 26.4 Å². The largest absolute Gasteiger partial charge is 0.379 e. The number of nitrogens with zero attached hydrogens (tertiary/aromatic N) is 1. The van der Waals surface area contributed by atoms with Gasteiger partial charge in [0.1, 0.15) is 6.04 Å². The van der Waals surface area contributed by atoms with Crippen LogP contribution in [-0.4, -0.2) is 38.5 Å². The van der Waals surface area contributed by atoms with Gasteiger partial charge in [0, 0.05) is 6.61 Å². The first-order chi connectivity index (χ1) is 6.86. The molecule has 2 atom stereocenters. The van der Waals surface area contributed by atoms with Crippen molar-refractivity contribution in [3.8, 4) is 6.07 Å². The number of nitriles is 1. The molecule has 2 unspecified atom stereocenters. The topological polar surface area (TPSA) is 54.3 Å². The zero-order valence-corrected chi connectivity index (χ0v) is 8.66. The normalized spacial score (nSPS) is 23.3. The zero-order valence-electron chi connectivity index (χ0n) is 8.66. The fourth-order valence-electron chi connectivity index (χ4n) is 1.34. The molecule has 0 bridgehead atoms. The van der Waals surface area contributed by atoms with Crippen molar-refractivity contribution in [3.63, 3.8) is 0 Å². The van der Waals surface area contributed by atoms with Gasteiger partial charge in [-0.05, 0) is 19.4 Å². The van der Waals surface area contributed by atoms with Gasteiger partial charge in [-0.2, -0.15) is 5.26 Å². The van der Waals surface area contributed by atoms with E-state index in [0.29, 0.717) is 13.2 Å². The third kappa shape index (κ3) is 4.05. The highest BCUT2D eigenvalue weighted by atomic mass is 16.5. The molecule has 4 heteroatoms. The highest BCUT2D eigenvalue weighted by Gasteiger charge is 2.17. The number of nitrogens with one attached hydrogen (secondary N) is 1. The van der Waals surface area contributed by atoms with Gasteiger partial charge in [0.05, 0.1) is 25.4 Å². The molecule has 1 aliphatic heterocycles. The zero-order chi connectivity index (χ0) is 10.2. The predicted octanol–water partition coefficient (Wildman–Crippen LogP) is 0.684. The summed E-state index contributed by atoms with van der Waals surface area (Å²) >= 11 is 0. The Hall–Kier alpha value is -0.630. The van der Waals surface area contributed by atoms with E-state index in [9.17, 15) is 0 Å². The Bertz CT molecular complexity index is 185. The summed E-state index contributed by atoms with van der Waals surface area (Å²) in [7, 11) is 0. The smallest absolute Gasteiger partial charge is 0.119 e. The molecule has 4 nitrogen and oxygen atoms in total. The molecular weight excluding hydrogens is 180 g/mol. The minimum Gasteiger partial charge on any atom is -0.379 e. The first-order valence-corrected chi connectivity index (χ1v) is 5.19. The SMILES string of the molecule is CCCNC(C#N)COC1CCOC1. The Morgan fingerprint density at radius 3 is 3.14 bits per heavy atom. The number of ether oxygens (including phenoxy) is 2. The van der Waals surface area contributed by atoms with E-state index in [1.54, 1.807) is 0 Å². The van der Waals surface area contributed by atoms with Crippen LogP contribution in [0.3, 0.4) is 0 Å². The second kappa shape index (κ2) is 6.77. The van der Waals surface area contributed by atoms with E-state index >= 15 is 0 Å². The highest BCUT2D eigenvalue weighted by Crippen LogP contribution is 2.08. The third-order valence-corrected chi connectivity index (χ3v) is 2.18. The Morgan fingerprint density at radius 1 is 1.71 bits per heavy atom. The Morgan fingerprint density at radius 2 is 2.57 bits per heavy atom. The van der Waals surface area contributed by atoms with E-state index in [2.05, 4.69) is 18.3 Å². The lowest BCUT2D eigenvalue weighted by Crippen LogP contribution is -2.34. The van der Waals surface area contributed by atoms with Crippen LogP contribution >= 0.6 is 0 Å². The summed E-state index contributed by atoms with van der Waals surface area (Å²) in [6.07, 6.45) is 2.17. The summed E-state index contributed by atoms with van der Waals surface area (Å²) in [5.74, 6) is 0. The minimum atomic E-state index is -0.185. The first kappa shape index (κ1) is 11.4. The van der Waals surface area contributed by atoms with Gasteiger partial charge < -0.3 is 14.8 Å². The lowest BCUT2D eigenvalue weighted by atomic mass is 10.3. The van der Waals surface area contributed by atoms with Crippen LogP contribution in [-0.2, 0) is 9.47 Å². The van der Waals surface area contributed by atoms with Crippen LogP contribution in [0.1, 0.15) is 19.8 Å². The van der Waals surface area contributed by atoms with Crippen LogP contribution in [0.25, 0.3) is 0 Å². The number of rotatable bonds is 6. The number of hydrogen-bond donors (Lipinski definition) is 1. The summed E-state index contributed by atoms with van der Waals surface area (Å²) in [6, 6.07) is 2.00. The molecule has 14 heavy (non-hydrogen) atoms. The van der Waals surface area contributed by atoms with Crippen molar-refractivity contribution < 1.29 is 9.47 Å². The molecule has 0 aliphatic carbocycles. The van der Waals surface area contributed by atoms with Gasteiger partial charge in [0.2, 0.25) is 0 Å². The van der Waals surface area contributed by atoms with Gasteiger partial charge in [0.25, 0.3) is 0 Å². The number of hydrogen-bond acceptors (Lipinski definition) is 4. The summed E-state index contributed by atoms with van der Waals surface area (Å²) in [6.45, 7) is 4.86. The van der Waals surface area contributed by atoms with Crippen molar-refractivity contribution >= 4 is 0 Å². The average molecular weight is 198 g/mol. The van der Waals surface area contributed by atoms with Crippen molar-refractivity contribution in [1.29, 1.82) is 5.26 Å². The Labute approximate surface area is 85.2 Å². The molecular formula is C10H18N2O2. The van der Waals surface area contributed by atoms with Crippen LogP contribution in [0.4, 0.5) is 0 Å². The fraction of sp³-hybridized carbons (Fsp3) is 0.900. The second-order valence-corrected chi connectivity index (χ2v) is 3.45. The fourth-order valence-corrected chi connectivity index (χ4v) is 1.34. The van der Waals surface area contributed by atoms with Crippen LogP contribution in [0.15, 0.2) is 0 Å². The summed E-state index contributed by atoms with van der Waals surface area (Å²) < 4.78 is 10.7. The average Bonchev–Trinajstić information content (AvgIpc) is 2.71. The molecule has 0 spiro atoms. The minimum absolute atomic E-state index is 0.185. The standard InChI is InChI=1S/C10H18N2O2/c1-2-4-12-9(6-11)7-14-10-3-5-13-8-10/h9-10,12H,2-5,7-8H2,1H3. The first-order valence-electron chi connectivity index (χ1n) is 5.19. The van der Waals surface area contributed by atoms with E-state index in [0.717, 1.165) is 26.0 Å². The van der Waals surface area contributed by atoms with Gasteiger partial charge in [-0.1, -0.05) is 6.92 Å². The molecule has 0 aromatic rings. The van der Waals surface area contributed by atoms with Crippen molar-refractivity contribution in [2.45, 2.75) is 31.9 Å². The van der Waals surface area contributed by atoms with Crippen LogP contribution in [0.5, 0.6) is 0 Å². The maximum absolute atomic E-state index is 8.80. The van der Waals surface area contributed by atoms with Gasteiger partial charge in [-0.15, -0.1) is 0 Å². The maximum Gasteiger partial charge on any atom is 0.119 e. The molecule has 1 heterocycles. The molecule has 1 rings (SSSR count). The van der Waals surface area contributed by atoms with Gasteiger partial charge in [0.15, 0.2) is 0 Å². The molecule has 1 fully saturated rings. The molecule has 0 aromatic carbocycles. The maximum atomic E-state index is 8.80. The summed E-state index contributed by atoms with van der Waals surface area (Å²) in [5, 5.41) is 11.9. The van der Waals surface area contributed by atoms with E-state index < -0.39 is 0 Å². The van der Waals surface area contributed by atoms with E-state index in [-0.39, 0.29) is 12.1 Å². The third-order valence-electron chi connectivity index (χ3n) is 2.18. The quantitative estimate of drug-likeness (QED) is 0.682. The highest BCUT2D eigenvalue weighted by molar-refractivity contribution is 4.89. The second-order valence-electron chi connectivity index (χ2n) is 3.45. The van der Waals surface area contributed by atoms with Gasteiger partial charge in [-0.3, -0.25) is 0 Å². The van der Waals surface area contributed by atoms with Crippen molar-refractivity contribution in [1.82, 2.24) is 5.32 Å². The van der Waals surface area contributed by atoms with E-state index in [1.165, 1.54) is 0 Å². The van der Waals surface area contributed by atoms with E-state index in [4.69, 9.17) is 14.7 Å². The lowest BCUT2D eigenvalue weighted by Gasteiger charge is -2.14. The molecule has 1 saturated heterocycles. The van der Waals surface area contributed by atoms with Crippen LogP contribution in [0.2, 0.25) is 0 Å². The molecule has 1 aliphatic rings. The molecule has 1 N–H and O–H groups in total. The summed E-state index contributed by atoms with van der Waals surface area (Å²) in [5.41, 5.74) is 0. The van der Waals surface area contributed by atoms with Crippen LogP contribution in [0, 0.1) is 11.3 Å². The van der Waals surface area contributed by atoms with Crippen LogP contribution < -0.4 is 5.32 Å². The molecule has 0 saturated carbocycles. The predicted molar refractivity (Wildman–Crippen MR) is 52.9 cm³/mol. The monoisotopic (exact) mass is 198 g/mol. The molecule has 0 aromatic heterocycles. The summed E-state index contributed by atoms with van der Waals surface area (Å²) in [4.78, 5) is 0. The van der Waals surface area contributed by atoms with Crippen molar-refractivity contribution in [2.24, 2.45) is 0 Å². The van der Waals surface area contributed by atoms with E-state index in [1.807, 2.05) is 0 Å². The Kier molecular flexibility index (Phi) is 5.53. The molecule has 0 amide bonds. The van der Waals surface area contributed by atoms with Crippen molar-refractivity contribution in [3.05, 3.63) is 0 Å².